The van der Waals surface area contributed by atoms with E-state index in [0.717, 1.165) is 11.1 Å². The van der Waals surface area contributed by atoms with Crippen LogP contribution in [0.25, 0.3) is 0 Å². The molecule has 1 atom stereocenters. The summed E-state index contributed by atoms with van der Waals surface area (Å²) in [5, 5.41) is 0.632. The molecule has 0 saturated heterocycles. The van der Waals surface area contributed by atoms with Gasteiger partial charge in [0, 0.05) is 23.3 Å². The lowest BCUT2D eigenvalue weighted by Gasteiger charge is -2.25. The summed E-state index contributed by atoms with van der Waals surface area (Å²) >= 11 is 5.98. The van der Waals surface area contributed by atoms with E-state index in [-0.39, 0.29) is 18.3 Å². The van der Waals surface area contributed by atoms with Crippen LogP contribution in [0.2, 0.25) is 5.02 Å². The van der Waals surface area contributed by atoms with Crippen molar-refractivity contribution in [3.05, 3.63) is 89.2 Å². The minimum atomic E-state index is -0.557. The van der Waals surface area contributed by atoms with E-state index in [0.29, 0.717) is 17.4 Å². The number of nitrogens with zero attached hydrogens (tertiary/aromatic N) is 1. The Labute approximate surface area is 168 Å². The van der Waals surface area contributed by atoms with E-state index in [1.165, 1.54) is 4.90 Å². The van der Waals surface area contributed by atoms with E-state index < -0.39 is 6.09 Å². The van der Waals surface area contributed by atoms with Crippen molar-refractivity contribution in [2.75, 3.05) is 6.61 Å². The van der Waals surface area contributed by atoms with Crippen LogP contribution in [0.1, 0.15) is 24.8 Å². The van der Waals surface area contributed by atoms with Gasteiger partial charge in [0.1, 0.15) is 5.75 Å². The molecule has 0 N–H and O–H groups in total. The van der Waals surface area contributed by atoms with Crippen LogP contribution in [0.4, 0.5) is 4.79 Å². The van der Waals surface area contributed by atoms with Gasteiger partial charge in [-0.2, -0.15) is 0 Å². The maximum absolute atomic E-state index is 12.5. The molecular formula is C22H20ClNO4. The first-order valence-electron chi connectivity index (χ1n) is 8.92. The second kappa shape index (κ2) is 9.24. The van der Waals surface area contributed by atoms with Crippen molar-refractivity contribution < 1.29 is 19.1 Å². The molecule has 1 aliphatic rings. The van der Waals surface area contributed by atoms with Crippen LogP contribution < -0.4 is 4.74 Å². The fourth-order valence-corrected chi connectivity index (χ4v) is 3.02. The van der Waals surface area contributed by atoms with Gasteiger partial charge in [0.25, 0.3) is 0 Å². The standard InChI is InChI=1S/C22H20ClNO4/c1-2-27-21(25)14-17-15-24(22(26)28-19-6-4-3-5-7-19)13-12-20(17)16-8-10-18(23)11-9-16/h3-13,15,20H,2,14H2,1H3. The van der Waals surface area contributed by atoms with Gasteiger partial charge in [-0.25, -0.2) is 4.79 Å². The number of hydrogen-bond acceptors (Lipinski definition) is 4. The predicted octanol–water partition coefficient (Wildman–Crippen LogP) is 5.29. The largest absolute Gasteiger partial charge is 0.466 e. The molecule has 144 valence electrons. The average molecular weight is 398 g/mol. The monoisotopic (exact) mass is 397 g/mol. The Balaban J connectivity index is 1.82. The van der Waals surface area contributed by atoms with Crippen LogP contribution in [0.5, 0.6) is 5.75 Å². The van der Waals surface area contributed by atoms with Crippen LogP contribution in [-0.2, 0) is 9.53 Å². The van der Waals surface area contributed by atoms with Crippen LogP contribution in [0, 0.1) is 0 Å². The number of ether oxygens (including phenoxy) is 2. The van der Waals surface area contributed by atoms with Gasteiger partial charge in [0.2, 0.25) is 0 Å². The van der Waals surface area contributed by atoms with E-state index in [2.05, 4.69) is 0 Å². The van der Waals surface area contributed by atoms with Gasteiger partial charge in [0.15, 0.2) is 0 Å². The summed E-state index contributed by atoms with van der Waals surface area (Å²) in [7, 11) is 0. The van der Waals surface area contributed by atoms with Gasteiger partial charge < -0.3 is 9.47 Å². The van der Waals surface area contributed by atoms with Crippen LogP contribution in [0.15, 0.2) is 78.6 Å². The van der Waals surface area contributed by atoms with Crippen LogP contribution in [-0.4, -0.2) is 23.6 Å². The zero-order valence-electron chi connectivity index (χ0n) is 15.4. The van der Waals surface area contributed by atoms with Gasteiger partial charge in [-0.1, -0.05) is 48.0 Å². The van der Waals surface area contributed by atoms with Crippen molar-refractivity contribution in [2.24, 2.45) is 0 Å². The number of allylic oxidation sites excluding steroid dienone is 1. The topological polar surface area (TPSA) is 55.8 Å². The van der Waals surface area contributed by atoms with Gasteiger partial charge in [-0.15, -0.1) is 0 Å². The Hall–Kier alpha value is -3.05. The summed E-state index contributed by atoms with van der Waals surface area (Å²) in [6, 6.07) is 16.2. The normalized spacial score (nSPS) is 15.7. The maximum atomic E-state index is 12.5. The molecule has 28 heavy (non-hydrogen) atoms. The molecule has 1 amide bonds. The van der Waals surface area contributed by atoms with Crippen molar-refractivity contribution in [3.8, 4) is 5.75 Å². The van der Waals surface area contributed by atoms with Crippen LogP contribution >= 0.6 is 11.6 Å². The molecule has 3 rings (SSSR count). The molecule has 0 aromatic heterocycles. The van der Waals surface area contributed by atoms with E-state index in [1.807, 2.05) is 24.3 Å². The number of hydrogen-bond donors (Lipinski definition) is 0. The summed E-state index contributed by atoms with van der Waals surface area (Å²) in [5.74, 6) is -0.0668. The van der Waals surface area contributed by atoms with Gasteiger partial charge in [0.05, 0.1) is 13.0 Å². The Morgan fingerprint density at radius 1 is 1.07 bits per heavy atom. The predicted molar refractivity (Wildman–Crippen MR) is 107 cm³/mol. The highest BCUT2D eigenvalue weighted by Gasteiger charge is 2.24. The average Bonchev–Trinajstić information content (AvgIpc) is 2.69. The second-order valence-corrected chi connectivity index (χ2v) is 6.58. The molecule has 0 bridgehead atoms. The van der Waals surface area contributed by atoms with E-state index >= 15 is 0 Å². The lowest BCUT2D eigenvalue weighted by molar-refractivity contribution is -0.142. The summed E-state index contributed by atoms with van der Waals surface area (Å²) in [4.78, 5) is 25.9. The van der Waals surface area contributed by atoms with E-state index in [9.17, 15) is 9.59 Å². The third-order valence-corrected chi connectivity index (χ3v) is 4.44. The second-order valence-electron chi connectivity index (χ2n) is 6.14. The molecule has 5 nitrogen and oxygen atoms in total. The zero-order chi connectivity index (χ0) is 19.9. The molecule has 1 aliphatic heterocycles. The molecule has 0 aliphatic carbocycles. The third kappa shape index (κ3) is 5.02. The highest BCUT2D eigenvalue weighted by Crippen LogP contribution is 2.33. The van der Waals surface area contributed by atoms with Crippen molar-refractivity contribution in [2.45, 2.75) is 19.3 Å². The minimum absolute atomic E-state index is 0.0700. The number of carbonyl (C=O) groups is 2. The van der Waals surface area contributed by atoms with Gasteiger partial charge in [-0.05, 0) is 42.3 Å². The molecule has 2 aromatic carbocycles. The molecular weight excluding hydrogens is 378 g/mol. The van der Waals surface area contributed by atoms with E-state index in [4.69, 9.17) is 21.1 Å². The first kappa shape index (κ1) is 19.7. The molecule has 0 fully saturated rings. The van der Waals surface area contributed by atoms with Crippen molar-refractivity contribution >= 4 is 23.7 Å². The van der Waals surface area contributed by atoms with Crippen LogP contribution in [0.3, 0.4) is 0 Å². The van der Waals surface area contributed by atoms with Crippen molar-refractivity contribution in [3.63, 3.8) is 0 Å². The zero-order valence-corrected chi connectivity index (χ0v) is 16.1. The highest BCUT2D eigenvalue weighted by atomic mass is 35.5. The summed E-state index contributed by atoms with van der Waals surface area (Å²) in [6.07, 6.45) is 4.63. The molecule has 1 unspecified atom stereocenters. The number of para-hydroxylation sites is 1. The Bertz CT molecular complexity index is 891. The number of rotatable bonds is 5. The lowest BCUT2D eigenvalue weighted by Crippen LogP contribution is -2.27. The van der Waals surface area contributed by atoms with Crippen molar-refractivity contribution in [1.82, 2.24) is 4.90 Å². The number of benzene rings is 2. The molecule has 1 heterocycles. The Morgan fingerprint density at radius 3 is 2.46 bits per heavy atom. The summed E-state index contributed by atoms with van der Waals surface area (Å²) < 4.78 is 10.4. The summed E-state index contributed by atoms with van der Waals surface area (Å²) in [5.41, 5.74) is 1.69. The van der Waals surface area contributed by atoms with E-state index in [1.54, 1.807) is 55.7 Å². The smallest absolute Gasteiger partial charge is 0.423 e. The molecule has 2 aromatic rings. The molecule has 0 spiro atoms. The number of halogens is 1. The molecule has 6 heteroatoms. The Morgan fingerprint density at radius 2 is 1.79 bits per heavy atom. The number of esters is 1. The minimum Gasteiger partial charge on any atom is -0.466 e. The first-order valence-corrected chi connectivity index (χ1v) is 9.30. The van der Waals surface area contributed by atoms with Crippen molar-refractivity contribution in [1.29, 1.82) is 0 Å². The quantitative estimate of drug-likeness (QED) is 0.643. The lowest BCUT2D eigenvalue weighted by atomic mass is 9.88. The highest BCUT2D eigenvalue weighted by molar-refractivity contribution is 6.30. The van der Waals surface area contributed by atoms with Gasteiger partial charge >= 0.3 is 12.1 Å². The third-order valence-electron chi connectivity index (χ3n) is 4.19. The number of carbonyl (C=O) groups excluding carboxylic acids is 2. The first-order chi connectivity index (χ1) is 13.6. The fourth-order valence-electron chi connectivity index (χ4n) is 2.89. The fraction of sp³-hybridized carbons (Fsp3) is 0.182. The SMILES string of the molecule is CCOC(=O)CC1=CN(C(=O)Oc2ccccc2)C=CC1c1ccc(Cl)cc1. The Kier molecular flexibility index (Phi) is 6.50. The summed E-state index contributed by atoms with van der Waals surface area (Å²) in [6.45, 7) is 2.06. The number of amides is 1. The maximum Gasteiger partial charge on any atom is 0.423 e. The molecule has 0 radical (unpaired) electrons. The van der Waals surface area contributed by atoms with Gasteiger partial charge in [-0.3, -0.25) is 9.69 Å². The molecule has 0 saturated carbocycles.